The van der Waals surface area contributed by atoms with Crippen LogP contribution in [0, 0.1) is 0 Å². The summed E-state index contributed by atoms with van der Waals surface area (Å²) >= 11 is 4.58. The molecule has 0 aliphatic heterocycles. The molecule has 0 aromatic heterocycles. The maximum atomic E-state index is 4.58. The Morgan fingerprint density at radius 1 is 0.882 bits per heavy atom. The van der Waals surface area contributed by atoms with Crippen molar-refractivity contribution in [3.63, 3.8) is 0 Å². The fourth-order valence-electron chi connectivity index (χ4n) is 2.72. The lowest BCUT2D eigenvalue weighted by atomic mass is 9.98. The number of nitrogens with one attached hydrogen (secondary N) is 1. The summed E-state index contributed by atoms with van der Waals surface area (Å²) in [4.78, 5) is 0. The third-order valence-corrected chi connectivity index (χ3v) is 4.43. The summed E-state index contributed by atoms with van der Waals surface area (Å²) in [6, 6.07) is 0.719. The molecule has 0 heterocycles. The van der Waals surface area contributed by atoms with Gasteiger partial charge < -0.3 is 5.32 Å². The molecule has 1 aliphatic rings. The van der Waals surface area contributed by atoms with Gasteiger partial charge in [0, 0.05) is 6.04 Å². The first kappa shape index (κ1) is 15.4. The van der Waals surface area contributed by atoms with Gasteiger partial charge in [0.1, 0.15) is 0 Å². The van der Waals surface area contributed by atoms with Crippen LogP contribution in [0.5, 0.6) is 0 Å². The maximum absolute atomic E-state index is 4.58. The van der Waals surface area contributed by atoms with Crippen LogP contribution < -0.4 is 5.32 Å². The van der Waals surface area contributed by atoms with Gasteiger partial charge in [-0.25, -0.2) is 0 Å². The minimum Gasteiger partial charge on any atom is -0.303 e. The quantitative estimate of drug-likeness (QED) is 0.540. The van der Waals surface area contributed by atoms with Gasteiger partial charge in [-0.1, -0.05) is 64.7 Å². The number of rotatable bonds is 3. The highest BCUT2D eigenvalue weighted by Gasteiger charge is 2.11. The van der Waals surface area contributed by atoms with E-state index in [1.165, 1.54) is 70.6 Å². The fourth-order valence-corrected chi connectivity index (χ4v) is 2.93. The molecule has 1 atom stereocenters. The van der Waals surface area contributed by atoms with Crippen molar-refractivity contribution in [2.45, 2.75) is 95.4 Å². The van der Waals surface area contributed by atoms with E-state index in [1.54, 1.807) is 0 Å². The van der Waals surface area contributed by atoms with Crippen LogP contribution in [0.15, 0.2) is 0 Å². The van der Waals surface area contributed by atoms with E-state index in [1.807, 2.05) is 0 Å². The van der Waals surface area contributed by atoms with Crippen LogP contribution in [0.4, 0.5) is 0 Å². The normalized spacial score (nSPS) is 23.6. The lowest BCUT2D eigenvalue weighted by Gasteiger charge is -2.22. The molecule has 0 saturated heterocycles. The van der Waals surface area contributed by atoms with Crippen LogP contribution in [0.3, 0.4) is 0 Å². The predicted molar refractivity (Wildman–Crippen MR) is 80.8 cm³/mol. The molecule has 1 unspecified atom stereocenters. The van der Waals surface area contributed by atoms with Gasteiger partial charge in [-0.3, -0.25) is 0 Å². The average Bonchev–Trinajstić information content (AvgIpc) is 2.32. The van der Waals surface area contributed by atoms with Gasteiger partial charge in [-0.15, -0.1) is 0 Å². The Kier molecular flexibility index (Phi) is 9.27. The Bertz CT molecular complexity index is 160. The zero-order valence-corrected chi connectivity index (χ0v) is 12.5. The molecule has 1 fully saturated rings. The average molecular weight is 257 g/mol. The first-order valence-electron chi connectivity index (χ1n) is 7.77. The highest BCUT2D eigenvalue weighted by molar-refractivity contribution is 7.80. The van der Waals surface area contributed by atoms with Gasteiger partial charge >= 0.3 is 0 Å². The highest BCUT2D eigenvalue weighted by Crippen LogP contribution is 2.17. The van der Waals surface area contributed by atoms with Crippen molar-refractivity contribution in [2.24, 2.45) is 0 Å². The molecule has 1 saturated carbocycles. The van der Waals surface area contributed by atoms with Crippen molar-refractivity contribution in [1.82, 2.24) is 5.32 Å². The minimum absolute atomic E-state index is 0.396. The number of hydrogen-bond acceptors (Lipinski definition) is 2. The van der Waals surface area contributed by atoms with E-state index in [2.05, 4.69) is 24.9 Å². The van der Waals surface area contributed by atoms with Crippen molar-refractivity contribution in [2.75, 3.05) is 0 Å². The van der Waals surface area contributed by atoms with Crippen molar-refractivity contribution in [3.05, 3.63) is 0 Å². The van der Waals surface area contributed by atoms with Crippen molar-refractivity contribution in [1.29, 1.82) is 0 Å². The van der Waals surface area contributed by atoms with E-state index < -0.39 is 0 Å². The van der Waals surface area contributed by atoms with Crippen molar-refractivity contribution < 1.29 is 0 Å². The monoisotopic (exact) mass is 257 g/mol. The lowest BCUT2D eigenvalue weighted by molar-refractivity contribution is 0.395. The zero-order chi connectivity index (χ0) is 12.3. The fraction of sp³-hybridized carbons (Fsp3) is 1.00. The topological polar surface area (TPSA) is 12.0 Å². The minimum atomic E-state index is 0.396. The predicted octanol–water partition coefficient (Wildman–Crippen LogP) is 4.92. The van der Waals surface area contributed by atoms with E-state index >= 15 is 0 Å². The largest absolute Gasteiger partial charge is 0.303 e. The lowest BCUT2D eigenvalue weighted by Crippen LogP contribution is -2.34. The number of hydrogen-bond donors (Lipinski definition) is 2. The summed E-state index contributed by atoms with van der Waals surface area (Å²) in [5, 5.41) is 4.08. The molecule has 1 nitrogen and oxygen atoms in total. The second kappa shape index (κ2) is 10.3. The summed E-state index contributed by atoms with van der Waals surface area (Å²) < 4.78 is 0. The van der Waals surface area contributed by atoms with Gasteiger partial charge in [-0.2, -0.15) is 12.6 Å². The second-order valence-corrected chi connectivity index (χ2v) is 6.17. The molecule has 0 spiro atoms. The van der Waals surface area contributed by atoms with Gasteiger partial charge in [-0.05, 0) is 19.3 Å². The Morgan fingerprint density at radius 3 is 1.71 bits per heavy atom. The van der Waals surface area contributed by atoms with E-state index in [9.17, 15) is 0 Å². The molecule has 2 heteroatoms. The van der Waals surface area contributed by atoms with Crippen LogP contribution in [-0.4, -0.2) is 11.4 Å². The molecule has 0 aromatic rings. The summed E-state index contributed by atoms with van der Waals surface area (Å²) in [6.07, 6.45) is 16.8. The summed E-state index contributed by atoms with van der Waals surface area (Å²) in [5.41, 5.74) is 0. The van der Waals surface area contributed by atoms with E-state index in [0.29, 0.717) is 5.37 Å². The molecule has 0 radical (unpaired) electrons. The molecule has 1 N–H and O–H groups in total. The standard InChI is InChI=1S/C15H31NS/c1-2-15(17)16-14-12-10-8-6-4-3-5-7-9-11-13-14/h14-17H,2-13H2,1H3. The highest BCUT2D eigenvalue weighted by atomic mass is 32.1. The summed E-state index contributed by atoms with van der Waals surface area (Å²) in [5.74, 6) is 0. The Morgan fingerprint density at radius 2 is 1.29 bits per heavy atom. The molecule has 17 heavy (non-hydrogen) atoms. The summed E-state index contributed by atoms with van der Waals surface area (Å²) in [7, 11) is 0. The zero-order valence-electron chi connectivity index (χ0n) is 11.6. The van der Waals surface area contributed by atoms with Gasteiger partial charge in [0.05, 0.1) is 5.37 Å². The van der Waals surface area contributed by atoms with Gasteiger partial charge in [0.15, 0.2) is 0 Å². The SMILES string of the molecule is CCC(S)NC1CCCCCCCCCCC1. The van der Waals surface area contributed by atoms with Crippen LogP contribution in [-0.2, 0) is 0 Å². The molecule has 0 amide bonds. The molecule has 102 valence electrons. The summed E-state index contributed by atoms with van der Waals surface area (Å²) in [6.45, 7) is 2.21. The van der Waals surface area contributed by atoms with Gasteiger partial charge in [0.25, 0.3) is 0 Å². The Labute approximate surface area is 114 Å². The molecule has 1 rings (SSSR count). The van der Waals surface area contributed by atoms with Crippen LogP contribution >= 0.6 is 12.6 Å². The van der Waals surface area contributed by atoms with Gasteiger partial charge in [0.2, 0.25) is 0 Å². The third kappa shape index (κ3) is 8.10. The molecule has 0 aromatic carbocycles. The Balaban J connectivity index is 2.26. The second-order valence-electron chi connectivity index (χ2n) is 5.55. The molecule has 1 aliphatic carbocycles. The molecule has 0 bridgehead atoms. The first-order chi connectivity index (χ1) is 8.33. The first-order valence-corrected chi connectivity index (χ1v) is 8.28. The molecular formula is C15H31NS. The van der Waals surface area contributed by atoms with Crippen LogP contribution in [0.25, 0.3) is 0 Å². The van der Waals surface area contributed by atoms with E-state index in [0.717, 1.165) is 12.5 Å². The van der Waals surface area contributed by atoms with Crippen LogP contribution in [0.2, 0.25) is 0 Å². The molecular weight excluding hydrogens is 226 g/mol. The Hall–Kier alpha value is 0.310. The van der Waals surface area contributed by atoms with Crippen molar-refractivity contribution >= 4 is 12.6 Å². The third-order valence-electron chi connectivity index (χ3n) is 3.92. The van der Waals surface area contributed by atoms with Crippen molar-refractivity contribution in [3.8, 4) is 0 Å². The van der Waals surface area contributed by atoms with E-state index in [-0.39, 0.29) is 0 Å². The maximum Gasteiger partial charge on any atom is 0.0501 e. The van der Waals surface area contributed by atoms with E-state index in [4.69, 9.17) is 0 Å². The number of thiol groups is 1. The smallest absolute Gasteiger partial charge is 0.0501 e. The van der Waals surface area contributed by atoms with Crippen LogP contribution in [0.1, 0.15) is 84.0 Å².